The Kier molecular flexibility index (Phi) is 8.24. The molecule has 2 aliphatic rings. The fourth-order valence-electron chi connectivity index (χ4n) is 4.68. The number of hydrogen-bond donors (Lipinski definition) is 2. The summed E-state index contributed by atoms with van der Waals surface area (Å²) < 4.78 is 43.9. The molecule has 3 heterocycles. The second-order valence-electron chi connectivity index (χ2n) is 9.66. The first-order chi connectivity index (χ1) is 18.7. The van der Waals surface area contributed by atoms with Crippen molar-refractivity contribution in [3.63, 3.8) is 0 Å². The van der Waals surface area contributed by atoms with Gasteiger partial charge in [-0.05, 0) is 48.2 Å². The number of benzene rings is 2. The van der Waals surface area contributed by atoms with Crippen LogP contribution in [0.4, 0.5) is 24.0 Å². The zero-order valence-corrected chi connectivity index (χ0v) is 21.9. The van der Waals surface area contributed by atoms with Gasteiger partial charge in [0.1, 0.15) is 5.01 Å². The first-order valence-corrected chi connectivity index (χ1v) is 13.6. The van der Waals surface area contributed by atoms with Gasteiger partial charge >= 0.3 is 6.18 Å². The maximum absolute atomic E-state index is 12.9. The highest BCUT2D eigenvalue weighted by Crippen LogP contribution is 2.30. The molecule has 39 heavy (non-hydrogen) atoms. The van der Waals surface area contributed by atoms with Gasteiger partial charge in [0, 0.05) is 38.2 Å². The topological polar surface area (TPSA) is 96.5 Å². The van der Waals surface area contributed by atoms with Gasteiger partial charge in [-0.2, -0.15) is 13.2 Å². The van der Waals surface area contributed by atoms with Crippen molar-refractivity contribution in [3.8, 4) is 0 Å². The Morgan fingerprint density at radius 3 is 2.51 bits per heavy atom. The number of amides is 2. The minimum absolute atomic E-state index is 0.106. The van der Waals surface area contributed by atoms with Crippen LogP contribution in [-0.2, 0) is 39.8 Å². The van der Waals surface area contributed by atoms with Crippen LogP contribution in [0.25, 0.3) is 0 Å². The first kappa shape index (κ1) is 27.2. The lowest BCUT2D eigenvalue weighted by molar-refractivity contribution is -0.137. The third-order valence-electron chi connectivity index (χ3n) is 6.82. The number of rotatable bonds is 8. The van der Waals surface area contributed by atoms with E-state index in [4.69, 9.17) is 4.74 Å². The molecule has 3 aromatic rings. The van der Waals surface area contributed by atoms with E-state index in [1.54, 1.807) is 4.90 Å². The van der Waals surface area contributed by atoms with E-state index >= 15 is 0 Å². The number of carbonyl (C=O) groups is 2. The van der Waals surface area contributed by atoms with Crippen molar-refractivity contribution in [2.24, 2.45) is 5.92 Å². The fraction of sp³-hybridized carbons (Fsp3) is 0.407. The summed E-state index contributed by atoms with van der Waals surface area (Å²) in [6.45, 7) is 2.67. The van der Waals surface area contributed by atoms with Crippen molar-refractivity contribution in [1.82, 2.24) is 15.5 Å². The normalized spacial score (nSPS) is 19.9. The Morgan fingerprint density at radius 2 is 1.82 bits per heavy atom. The van der Waals surface area contributed by atoms with E-state index in [0.29, 0.717) is 29.6 Å². The molecule has 2 aliphatic heterocycles. The molecule has 2 amide bonds. The van der Waals surface area contributed by atoms with Gasteiger partial charge in [0.2, 0.25) is 16.9 Å². The first-order valence-electron chi connectivity index (χ1n) is 12.8. The maximum atomic E-state index is 12.9. The highest BCUT2D eigenvalue weighted by atomic mass is 32.1. The molecular weight excluding hydrogens is 531 g/mol. The van der Waals surface area contributed by atoms with Crippen LogP contribution in [0.2, 0.25) is 0 Å². The SMILES string of the molecule is O=C(Nc1nnc(CCc2ccc(C(F)(F)F)cc2)s1)[C@H]1CC(=O)N(c2ccc(CC3CNCCO3)cc2)C1. The molecule has 0 saturated carbocycles. The van der Waals surface area contributed by atoms with Crippen LogP contribution in [0.3, 0.4) is 0 Å². The summed E-state index contributed by atoms with van der Waals surface area (Å²) in [7, 11) is 0. The van der Waals surface area contributed by atoms with Gasteiger partial charge in [-0.3, -0.25) is 9.59 Å². The van der Waals surface area contributed by atoms with Gasteiger partial charge in [0.15, 0.2) is 0 Å². The smallest absolute Gasteiger partial charge is 0.375 e. The largest absolute Gasteiger partial charge is 0.416 e. The molecule has 2 aromatic carbocycles. The lowest BCUT2D eigenvalue weighted by atomic mass is 10.1. The molecule has 1 aromatic heterocycles. The Hall–Kier alpha value is -3.35. The van der Waals surface area contributed by atoms with Crippen LogP contribution in [0.15, 0.2) is 48.5 Å². The molecule has 0 radical (unpaired) electrons. The Balaban J connectivity index is 1.11. The summed E-state index contributed by atoms with van der Waals surface area (Å²) in [6.07, 6.45) is -2.35. The molecule has 2 N–H and O–H groups in total. The van der Waals surface area contributed by atoms with E-state index < -0.39 is 17.7 Å². The molecule has 8 nitrogen and oxygen atoms in total. The maximum Gasteiger partial charge on any atom is 0.416 e. The summed E-state index contributed by atoms with van der Waals surface area (Å²) in [5.41, 5.74) is 1.94. The third kappa shape index (κ3) is 7.00. The lowest BCUT2D eigenvalue weighted by Crippen LogP contribution is -2.39. The fourth-order valence-corrected chi connectivity index (χ4v) is 5.42. The highest BCUT2D eigenvalue weighted by Gasteiger charge is 2.35. The van der Waals surface area contributed by atoms with Crippen LogP contribution >= 0.6 is 11.3 Å². The van der Waals surface area contributed by atoms with Gasteiger partial charge in [-0.25, -0.2) is 0 Å². The molecule has 2 atom stereocenters. The standard InChI is InChI=1S/C27H28F3N5O3S/c28-27(29,30)20-6-1-17(2-7-20)5-10-23-33-34-26(39-23)32-25(37)19-14-24(36)35(16-19)21-8-3-18(4-9-21)13-22-15-31-11-12-38-22/h1-4,6-9,19,22,31H,5,10-16H2,(H,32,34,37)/t19-,22?/m0/s1. The number of nitrogens with zero attached hydrogens (tertiary/aromatic N) is 3. The number of aromatic nitrogens is 2. The van der Waals surface area contributed by atoms with Crippen molar-refractivity contribution < 1.29 is 27.5 Å². The lowest BCUT2D eigenvalue weighted by Gasteiger charge is -2.24. The summed E-state index contributed by atoms with van der Waals surface area (Å²) in [5, 5.41) is 15.2. The summed E-state index contributed by atoms with van der Waals surface area (Å²) >= 11 is 1.21. The summed E-state index contributed by atoms with van der Waals surface area (Å²) in [4.78, 5) is 27.2. The van der Waals surface area contributed by atoms with Crippen LogP contribution in [0, 0.1) is 5.92 Å². The quantitative estimate of drug-likeness (QED) is 0.435. The second-order valence-corrected chi connectivity index (χ2v) is 10.7. The van der Waals surface area contributed by atoms with Gasteiger partial charge in [-0.1, -0.05) is 35.6 Å². The number of alkyl halides is 3. The van der Waals surface area contributed by atoms with E-state index in [9.17, 15) is 22.8 Å². The van der Waals surface area contributed by atoms with E-state index in [0.717, 1.165) is 48.5 Å². The molecule has 2 fully saturated rings. The Bertz CT molecular complexity index is 1290. The monoisotopic (exact) mass is 559 g/mol. The number of anilines is 2. The molecular formula is C27H28F3N5O3S. The summed E-state index contributed by atoms with van der Waals surface area (Å²) in [5.74, 6) is -0.926. The van der Waals surface area contributed by atoms with Crippen molar-refractivity contribution in [2.45, 2.75) is 38.0 Å². The number of aryl methyl sites for hydroxylation is 2. The molecule has 0 spiro atoms. The second kappa shape index (κ2) is 11.8. The van der Waals surface area contributed by atoms with Crippen LogP contribution in [-0.4, -0.2) is 54.4 Å². The predicted molar refractivity (Wildman–Crippen MR) is 141 cm³/mol. The number of nitrogens with one attached hydrogen (secondary N) is 2. The van der Waals surface area contributed by atoms with E-state index in [1.165, 1.54) is 23.5 Å². The number of hydrogen-bond acceptors (Lipinski definition) is 7. The zero-order chi connectivity index (χ0) is 27.4. The van der Waals surface area contributed by atoms with Crippen molar-refractivity contribution in [1.29, 1.82) is 0 Å². The predicted octanol–water partition coefficient (Wildman–Crippen LogP) is 3.86. The molecule has 12 heteroatoms. The van der Waals surface area contributed by atoms with Gasteiger partial charge in [0.25, 0.3) is 0 Å². The molecule has 1 unspecified atom stereocenters. The van der Waals surface area contributed by atoms with Crippen LogP contribution in [0.5, 0.6) is 0 Å². The highest BCUT2D eigenvalue weighted by molar-refractivity contribution is 7.15. The van der Waals surface area contributed by atoms with Crippen molar-refractivity contribution >= 4 is 34.0 Å². The van der Waals surface area contributed by atoms with E-state index in [-0.39, 0.29) is 30.9 Å². The summed E-state index contributed by atoms with van der Waals surface area (Å²) in [6, 6.07) is 12.8. The minimum Gasteiger partial charge on any atom is -0.375 e. The molecule has 5 rings (SSSR count). The van der Waals surface area contributed by atoms with Crippen LogP contribution in [0.1, 0.15) is 28.1 Å². The van der Waals surface area contributed by atoms with E-state index in [2.05, 4.69) is 20.8 Å². The van der Waals surface area contributed by atoms with Crippen molar-refractivity contribution in [3.05, 3.63) is 70.2 Å². The minimum atomic E-state index is -4.36. The molecule has 0 bridgehead atoms. The number of carbonyl (C=O) groups excluding carboxylic acids is 2. The van der Waals surface area contributed by atoms with Crippen molar-refractivity contribution in [2.75, 3.05) is 36.5 Å². The van der Waals surface area contributed by atoms with Gasteiger partial charge < -0.3 is 20.3 Å². The molecule has 206 valence electrons. The Labute approximate surface area is 227 Å². The average molecular weight is 560 g/mol. The molecule has 2 saturated heterocycles. The van der Waals surface area contributed by atoms with E-state index in [1.807, 2.05) is 24.3 Å². The molecule has 0 aliphatic carbocycles. The number of morpholine rings is 1. The zero-order valence-electron chi connectivity index (χ0n) is 21.0. The average Bonchev–Trinajstić information content (AvgIpc) is 3.54. The van der Waals surface area contributed by atoms with Gasteiger partial charge in [-0.15, -0.1) is 10.2 Å². The third-order valence-corrected chi connectivity index (χ3v) is 7.72. The van der Waals surface area contributed by atoms with Crippen LogP contribution < -0.4 is 15.5 Å². The Morgan fingerprint density at radius 1 is 1.08 bits per heavy atom. The van der Waals surface area contributed by atoms with Gasteiger partial charge in [0.05, 0.1) is 24.2 Å². The number of halogens is 3. The number of ether oxygens (including phenoxy) is 1.